The fraction of sp³-hybridized carbons (Fsp3) is 0. The number of nitrogens with zero attached hydrogens (tertiary/aromatic N) is 5. The molecule has 0 atom stereocenters. The highest BCUT2D eigenvalue weighted by molar-refractivity contribution is 6.11. The van der Waals surface area contributed by atoms with E-state index in [-0.39, 0.29) is 0 Å². The minimum absolute atomic E-state index is 0.603. The highest BCUT2D eigenvalue weighted by atomic mass is 15.0. The summed E-state index contributed by atoms with van der Waals surface area (Å²) >= 11 is 0. The lowest BCUT2D eigenvalue weighted by Crippen LogP contribution is -1.97. The summed E-state index contributed by atoms with van der Waals surface area (Å²) in [7, 11) is 0. The Bertz CT molecular complexity index is 2960. The minimum atomic E-state index is 0.603. The Kier molecular flexibility index (Phi) is 6.56. The predicted molar refractivity (Wildman–Crippen MR) is 202 cm³/mol. The fourth-order valence-electron chi connectivity index (χ4n) is 7.33. The first-order valence-corrected chi connectivity index (χ1v) is 16.2. The Morgan fingerprint density at radius 2 is 1.06 bits per heavy atom. The van der Waals surface area contributed by atoms with E-state index in [1.54, 1.807) is 0 Å². The molecule has 0 saturated heterocycles. The standard InChI is InChI=1S/C45H25N5/c1-48-34-17-21-45-41(26-34)39-11-5-7-13-43(39)50(45)36-24-32(23-33(25-36)37-9-3-2-8-31(37)28-47)30-15-18-35(19-16-30)49-42-12-6-4-10-38(42)40-22-29(27-46)14-20-44(40)49/h2-26H. The van der Waals surface area contributed by atoms with Crippen LogP contribution in [0.1, 0.15) is 11.1 Å². The third-order valence-corrected chi connectivity index (χ3v) is 9.58. The van der Waals surface area contributed by atoms with Gasteiger partial charge in [0.15, 0.2) is 5.69 Å². The molecule has 5 heteroatoms. The topological polar surface area (TPSA) is 61.8 Å². The zero-order valence-corrected chi connectivity index (χ0v) is 26.7. The lowest BCUT2D eigenvalue weighted by atomic mass is 9.95. The largest absolute Gasteiger partial charge is 0.309 e. The van der Waals surface area contributed by atoms with Crippen LogP contribution in [0.3, 0.4) is 0 Å². The molecule has 9 aromatic rings. The van der Waals surface area contributed by atoms with E-state index in [9.17, 15) is 10.5 Å². The van der Waals surface area contributed by atoms with Crippen molar-refractivity contribution in [2.24, 2.45) is 0 Å². The van der Waals surface area contributed by atoms with Crippen LogP contribution in [0.15, 0.2) is 152 Å². The molecule has 0 amide bonds. The van der Waals surface area contributed by atoms with E-state index in [0.29, 0.717) is 16.8 Å². The molecule has 5 nitrogen and oxygen atoms in total. The number of hydrogen-bond acceptors (Lipinski definition) is 2. The van der Waals surface area contributed by atoms with Crippen LogP contribution in [0.5, 0.6) is 0 Å². The number of hydrogen-bond donors (Lipinski definition) is 0. The fourth-order valence-corrected chi connectivity index (χ4v) is 7.33. The summed E-state index contributed by atoms with van der Waals surface area (Å²) < 4.78 is 4.50. The van der Waals surface area contributed by atoms with E-state index < -0.39 is 0 Å². The summed E-state index contributed by atoms with van der Waals surface area (Å²) in [4.78, 5) is 3.70. The van der Waals surface area contributed by atoms with Crippen LogP contribution in [0.25, 0.3) is 82.1 Å². The predicted octanol–water partition coefficient (Wildman–Crippen LogP) is 11.5. The number of benzene rings is 7. The van der Waals surface area contributed by atoms with Crippen molar-refractivity contribution in [2.75, 3.05) is 0 Å². The van der Waals surface area contributed by atoms with Gasteiger partial charge >= 0.3 is 0 Å². The van der Waals surface area contributed by atoms with Gasteiger partial charge in [0.1, 0.15) is 0 Å². The van der Waals surface area contributed by atoms with Crippen LogP contribution in [-0.4, -0.2) is 9.13 Å². The average Bonchev–Trinajstić information content (AvgIpc) is 3.69. The molecule has 0 saturated carbocycles. The van der Waals surface area contributed by atoms with Crippen LogP contribution in [-0.2, 0) is 0 Å². The number of rotatable bonds is 4. The van der Waals surface area contributed by atoms with Gasteiger partial charge in [-0.1, -0.05) is 72.8 Å². The van der Waals surface area contributed by atoms with Gasteiger partial charge in [-0.3, -0.25) is 0 Å². The van der Waals surface area contributed by atoms with Crippen molar-refractivity contribution in [2.45, 2.75) is 0 Å². The molecule has 0 spiro atoms. The highest BCUT2D eigenvalue weighted by Gasteiger charge is 2.17. The van der Waals surface area contributed by atoms with E-state index >= 15 is 0 Å². The molecule has 0 aliphatic carbocycles. The molecule has 9 rings (SSSR count). The molecule has 0 fully saturated rings. The third kappa shape index (κ3) is 4.45. The van der Waals surface area contributed by atoms with Gasteiger partial charge in [-0.05, 0) is 107 Å². The highest BCUT2D eigenvalue weighted by Crippen LogP contribution is 2.39. The van der Waals surface area contributed by atoms with E-state index in [1.165, 1.54) is 0 Å². The van der Waals surface area contributed by atoms with Gasteiger partial charge in [-0.15, -0.1) is 0 Å². The van der Waals surface area contributed by atoms with Crippen molar-refractivity contribution in [1.82, 2.24) is 9.13 Å². The Morgan fingerprint density at radius 3 is 1.76 bits per heavy atom. The number of fused-ring (bicyclic) bond motifs is 6. The first-order valence-electron chi connectivity index (χ1n) is 16.2. The van der Waals surface area contributed by atoms with Crippen LogP contribution in [0, 0.1) is 29.2 Å². The molecule has 2 aromatic heterocycles. The molecule has 0 aliphatic heterocycles. The summed E-state index contributed by atoms with van der Waals surface area (Å²) in [5.41, 5.74) is 11.9. The van der Waals surface area contributed by atoms with E-state index in [4.69, 9.17) is 6.57 Å². The summed E-state index contributed by atoms with van der Waals surface area (Å²) in [5.74, 6) is 0. The smallest absolute Gasteiger partial charge is 0.188 e. The Morgan fingerprint density at radius 1 is 0.460 bits per heavy atom. The molecule has 0 bridgehead atoms. The molecular weight excluding hydrogens is 611 g/mol. The summed E-state index contributed by atoms with van der Waals surface area (Å²) in [6.45, 7) is 7.62. The van der Waals surface area contributed by atoms with Gasteiger partial charge in [0.25, 0.3) is 0 Å². The number of nitriles is 2. The lowest BCUT2D eigenvalue weighted by Gasteiger charge is -2.15. The summed E-state index contributed by atoms with van der Waals surface area (Å²) in [6.07, 6.45) is 0. The first-order chi connectivity index (χ1) is 24.6. The zero-order valence-electron chi connectivity index (χ0n) is 26.7. The molecule has 0 N–H and O–H groups in total. The number of para-hydroxylation sites is 2. The maximum Gasteiger partial charge on any atom is 0.188 e. The second-order valence-corrected chi connectivity index (χ2v) is 12.3. The maximum atomic E-state index is 10.1. The lowest BCUT2D eigenvalue weighted by molar-refractivity contribution is 1.18. The van der Waals surface area contributed by atoms with E-state index in [2.05, 4.69) is 92.8 Å². The van der Waals surface area contributed by atoms with Gasteiger partial charge in [0, 0.05) is 27.5 Å². The van der Waals surface area contributed by atoms with Crippen LogP contribution < -0.4 is 0 Å². The third-order valence-electron chi connectivity index (χ3n) is 9.58. The second kappa shape index (κ2) is 11.4. The first kappa shape index (κ1) is 28.8. The normalized spacial score (nSPS) is 11.1. The summed E-state index contributed by atoms with van der Waals surface area (Å²) in [5, 5.41) is 23.9. The SMILES string of the molecule is [C-]#[N+]c1ccc2c(c1)c1ccccc1n2-c1cc(-c2ccc(-n3c4ccccc4c4cc(C#N)ccc43)cc2)cc(-c2ccccc2C#N)c1. The Balaban J connectivity index is 1.26. The zero-order chi connectivity index (χ0) is 33.8. The van der Waals surface area contributed by atoms with Crippen molar-refractivity contribution in [3.05, 3.63) is 174 Å². The van der Waals surface area contributed by atoms with E-state index in [1.807, 2.05) is 84.9 Å². The minimum Gasteiger partial charge on any atom is -0.309 e. The molecule has 0 radical (unpaired) electrons. The Labute approximate surface area is 288 Å². The van der Waals surface area contributed by atoms with E-state index in [0.717, 1.165) is 77.2 Å². The van der Waals surface area contributed by atoms with Gasteiger partial charge in [-0.25, -0.2) is 4.85 Å². The molecule has 2 heterocycles. The molecular formula is C45H25N5. The van der Waals surface area contributed by atoms with Crippen molar-refractivity contribution in [1.29, 1.82) is 10.5 Å². The monoisotopic (exact) mass is 635 g/mol. The summed E-state index contributed by atoms with van der Waals surface area (Å²) in [6, 6.07) is 55.8. The van der Waals surface area contributed by atoms with Crippen molar-refractivity contribution in [3.63, 3.8) is 0 Å². The van der Waals surface area contributed by atoms with Gasteiger partial charge < -0.3 is 9.13 Å². The van der Waals surface area contributed by atoms with Crippen LogP contribution >= 0.6 is 0 Å². The molecule has 0 aliphatic rings. The molecule has 50 heavy (non-hydrogen) atoms. The van der Waals surface area contributed by atoms with Crippen LogP contribution in [0.4, 0.5) is 5.69 Å². The van der Waals surface area contributed by atoms with Gasteiger partial charge in [0.2, 0.25) is 0 Å². The molecule has 0 unspecified atom stereocenters. The Hall–Kier alpha value is -7.39. The maximum absolute atomic E-state index is 10.1. The quantitative estimate of drug-likeness (QED) is 0.181. The average molecular weight is 636 g/mol. The van der Waals surface area contributed by atoms with Gasteiger partial charge in [0.05, 0.1) is 51.9 Å². The van der Waals surface area contributed by atoms with Crippen LogP contribution in [0.2, 0.25) is 0 Å². The van der Waals surface area contributed by atoms with Crippen molar-refractivity contribution < 1.29 is 0 Å². The number of aromatic nitrogens is 2. The van der Waals surface area contributed by atoms with Gasteiger partial charge in [-0.2, -0.15) is 10.5 Å². The molecule has 230 valence electrons. The molecule has 7 aromatic carbocycles. The van der Waals surface area contributed by atoms with Crippen molar-refractivity contribution >= 4 is 49.3 Å². The second-order valence-electron chi connectivity index (χ2n) is 12.3. The van der Waals surface area contributed by atoms with Crippen molar-refractivity contribution in [3.8, 4) is 45.8 Å².